The van der Waals surface area contributed by atoms with E-state index in [1.165, 1.54) is 6.07 Å². The maximum absolute atomic E-state index is 13.6. The summed E-state index contributed by atoms with van der Waals surface area (Å²) < 4.78 is 24.5. The van der Waals surface area contributed by atoms with Crippen molar-refractivity contribution in [1.29, 1.82) is 0 Å². The molecular weight excluding hydrogens is 325 g/mol. The number of aromatic nitrogens is 1. The molecule has 1 N–H and O–H groups in total. The number of rotatable bonds is 5. The van der Waals surface area contributed by atoms with Crippen molar-refractivity contribution in [3.8, 4) is 11.6 Å². The standard InChI is InChI=1S/C18H20FN3O3/c1-20-18(23)16-12-22(8-9-24-16)11-13-6-7-17(21-10-13)25-15-5-3-2-4-14(15)19/h2-7,10,16H,8-9,11-12H2,1H3,(H,20,23)/t16-/m0/s1. The maximum atomic E-state index is 13.6. The Hall–Kier alpha value is -2.51. The Morgan fingerprint density at radius 1 is 1.40 bits per heavy atom. The number of nitrogens with one attached hydrogen (secondary N) is 1. The molecule has 3 rings (SSSR count). The average molecular weight is 345 g/mol. The molecule has 0 radical (unpaired) electrons. The summed E-state index contributed by atoms with van der Waals surface area (Å²) in [6.07, 6.45) is 1.25. The van der Waals surface area contributed by atoms with Crippen molar-refractivity contribution in [3.63, 3.8) is 0 Å². The number of carbonyl (C=O) groups excluding carboxylic acids is 1. The number of ether oxygens (including phenoxy) is 2. The number of likely N-dealkylation sites (N-methyl/N-ethyl adjacent to an activating group) is 1. The molecule has 1 aliphatic rings. The molecule has 1 saturated heterocycles. The van der Waals surface area contributed by atoms with Gasteiger partial charge in [0.2, 0.25) is 11.8 Å². The van der Waals surface area contributed by atoms with Crippen molar-refractivity contribution in [1.82, 2.24) is 15.2 Å². The molecule has 1 atom stereocenters. The molecule has 7 heteroatoms. The quantitative estimate of drug-likeness (QED) is 0.898. The minimum atomic E-state index is -0.449. The van der Waals surface area contributed by atoms with Gasteiger partial charge in [-0.2, -0.15) is 0 Å². The predicted molar refractivity (Wildman–Crippen MR) is 89.8 cm³/mol. The molecular formula is C18H20FN3O3. The Kier molecular flexibility index (Phi) is 5.57. The lowest BCUT2D eigenvalue weighted by Crippen LogP contribution is -2.48. The molecule has 0 unspecified atom stereocenters. The second-order valence-corrected chi connectivity index (χ2v) is 5.75. The molecule has 1 amide bonds. The van der Waals surface area contributed by atoms with E-state index in [2.05, 4.69) is 15.2 Å². The van der Waals surface area contributed by atoms with Crippen LogP contribution < -0.4 is 10.1 Å². The number of benzene rings is 1. The summed E-state index contributed by atoms with van der Waals surface area (Å²) in [7, 11) is 1.60. The number of nitrogens with zero attached hydrogens (tertiary/aromatic N) is 2. The number of hydrogen-bond donors (Lipinski definition) is 1. The van der Waals surface area contributed by atoms with Gasteiger partial charge >= 0.3 is 0 Å². The van der Waals surface area contributed by atoms with Gasteiger partial charge in [-0.1, -0.05) is 18.2 Å². The molecule has 1 aromatic heterocycles. The van der Waals surface area contributed by atoms with Crippen LogP contribution in [0.3, 0.4) is 0 Å². The first-order chi connectivity index (χ1) is 12.2. The Labute approximate surface area is 145 Å². The van der Waals surface area contributed by atoms with Crippen LogP contribution in [0.25, 0.3) is 0 Å². The number of para-hydroxylation sites is 1. The highest BCUT2D eigenvalue weighted by atomic mass is 19.1. The normalized spacial score (nSPS) is 17.9. The van der Waals surface area contributed by atoms with Gasteiger partial charge in [-0.15, -0.1) is 0 Å². The van der Waals surface area contributed by atoms with Crippen LogP contribution >= 0.6 is 0 Å². The molecule has 0 spiro atoms. The van der Waals surface area contributed by atoms with Gasteiger partial charge in [-0.25, -0.2) is 9.37 Å². The van der Waals surface area contributed by atoms with E-state index in [1.54, 1.807) is 37.5 Å². The van der Waals surface area contributed by atoms with E-state index in [-0.39, 0.29) is 11.7 Å². The minimum absolute atomic E-state index is 0.114. The van der Waals surface area contributed by atoms with Crippen molar-refractivity contribution >= 4 is 5.91 Å². The Balaban J connectivity index is 1.59. The smallest absolute Gasteiger partial charge is 0.250 e. The molecule has 6 nitrogen and oxygen atoms in total. The van der Waals surface area contributed by atoms with E-state index < -0.39 is 11.9 Å². The van der Waals surface area contributed by atoms with Gasteiger partial charge in [0.15, 0.2) is 11.6 Å². The summed E-state index contributed by atoms with van der Waals surface area (Å²) in [5.74, 6) is -0.0678. The third-order valence-electron chi connectivity index (χ3n) is 3.94. The molecule has 0 bridgehead atoms. The van der Waals surface area contributed by atoms with Crippen LogP contribution in [0, 0.1) is 5.82 Å². The van der Waals surface area contributed by atoms with Crippen LogP contribution in [-0.2, 0) is 16.1 Å². The van der Waals surface area contributed by atoms with Crippen molar-refractivity contribution in [3.05, 3.63) is 54.0 Å². The topological polar surface area (TPSA) is 63.7 Å². The van der Waals surface area contributed by atoms with E-state index in [0.29, 0.717) is 25.6 Å². The van der Waals surface area contributed by atoms with E-state index in [4.69, 9.17) is 9.47 Å². The molecule has 2 aromatic rings. The van der Waals surface area contributed by atoms with Crippen molar-refractivity contribution in [2.75, 3.05) is 26.7 Å². The molecule has 132 valence electrons. The zero-order valence-electron chi connectivity index (χ0n) is 13.9. The second kappa shape index (κ2) is 8.04. The SMILES string of the molecule is CNC(=O)[C@@H]1CN(Cc2ccc(Oc3ccccc3F)nc2)CCO1. The summed E-state index contributed by atoms with van der Waals surface area (Å²) in [5.41, 5.74) is 0.985. The first-order valence-electron chi connectivity index (χ1n) is 8.08. The van der Waals surface area contributed by atoms with E-state index in [9.17, 15) is 9.18 Å². The molecule has 0 saturated carbocycles. The Morgan fingerprint density at radius 3 is 2.96 bits per heavy atom. The average Bonchev–Trinajstić information content (AvgIpc) is 2.65. The fourth-order valence-corrected chi connectivity index (χ4v) is 2.63. The number of halogens is 1. The van der Waals surface area contributed by atoms with Crippen LogP contribution in [0.15, 0.2) is 42.6 Å². The monoisotopic (exact) mass is 345 g/mol. The lowest BCUT2D eigenvalue weighted by Gasteiger charge is -2.31. The molecule has 25 heavy (non-hydrogen) atoms. The number of pyridine rings is 1. The van der Waals surface area contributed by atoms with Crippen LogP contribution in [0.1, 0.15) is 5.56 Å². The van der Waals surface area contributed by atoms with Crippen LogP contribution in [-0.4, -0.2) is 48.6 Å². The fraction of sp³-hybridized carbons (Fsp3) is 0.333. The van der Waals surface area contributed by atoms with Gasteiger partial charge in [0.05, 0.1) is 6.61 Å². The molecule has 2 heterocycles. The van der Waals surface area contributed by atoms with Crippen molar-refractivity contribution in [2.24, 2.45) is 0 Å². The first kappa shape index (κ1) is 17.3. The van der Waals surface area contributed by atoms with Crippen molar-refractivity contribution in [2.45, 2.75) is 12.6 Å². The molecule has 1 fully saturated rings. The highest BCUT2D eigenvalue weighted by molar-refractivity contribution is 5.80. The third-order valence-corrected chi connectivity index (χ3v) is 3.94. The first-order valence-corrected chi connectivity index (χ1v) is 8.08. The lowest BCUT2D eigenvalue weighted by molar-refractivity contribution is -0.138. The summed E-state index contributed by atoms with van der Waals surface area (Å²) >= 11 is 0. The minimum Gasteiger partial charge on any atom is -0.436 e. The third kappa shape index (κ3) is 4.52. The highest BCUT2D eigenvalue weighted by Crippen LogP contribution is 2.22. The fourth-order valence-electron chi connectivity index (χ4n) is 2.63. The second-order valence-electron chi connectivity index (χ2n) is 5.75. The van der Waals surface area contributed by atoms with Gasteiger partial charge in [-0.3, -0.25) is 9.69 Å². The Morgan fingerprint density at radius 2 is 2.24 bits per heavy atom. The van der Waals surface area contributed by atoms with E-state index in [1.807, 2.05) is 6.07 Å². The van der Waals surface area contributed by atoms with Crippen LogP contribution in [0.5, 0.6) is 11.6 Å². The highest BCUT2D eigenvalue weighted by Gasteiger charge is 2.25. The zero-order valence-corrected chi connectivity index (χ0v) is 13.9. The van der Waals surface area contributed by atoms with Gasteiger partial charge in [-0.05, 0) is 17.7 Å². The van der Waals surface area contributed by atoms with E-state index in [0.717, 1.165) is 12.1 Å². The van der Waals surface area contributed by atoms with E-state index >= 15 is 0 Å². The van der Waals surface area contributed by atoms with Gasteiger partial charge in [0.1, 0.15) is 6.10 Å². The summed E-state index contributed by atoms with van der Waals surface area (Å²) in [6, 6.07) is 9.79. The summed E-state index contributed by atoms with van der Waals surface area (Å²) in [5, 5.41) is 2.60. The Bertz CT molecular complexity index is 724. The van der Waals surface area contributed by atoms with Gasteiger partial charge < -0.3 is 14.8 Å². The number of amides is 1. The summed E-state index contributed by atoms with van der Waals surface area (Å²) in [6.45, 7) is 2.46. The van der Waals surface area contributed by atoms with Crippen molar-refractivity contribution < 1.29 is 18.7 Å². The number of carbonyl (C=O) groups is 1. The molecule has 0 aliphatic carbocycles. The predicted octanol–water partition coefficient (Wildman–Crippen LogP) is 1.96. The van der Waals surface area contributed by atoms with Gasteiger partial charge in [0.25, 0.3) is 0 Å². The van der Waals surface area contributed by atoms with Crippen LogP contribution in [0.2, 0.25) is 0 Å². The number of hydrogen-bond acceptors (Lipinski definition) is 5. The molecule has 1 aliphatic heterocycles. The largest absolute Gasteiger partial charge is 0.436 e. The molecule has 1 aromatic carbocycles. The zero-order chi connectivity index (χ0) is 17.6. The number of morpholine rings is 1. The lowest BCUT2D eigenvalue weighted by atomic mass is 10.2. The summed E-state index contributed by atoms with van der Waals surface area (Å²) in [4.78, 5) is 18.0. The van der Waals surface area contributed by atoms with Gasteiger partial charge in [0, 0.05) is 38.9 Å². The maximum Gasteiger partial charge on any atom is 0.250 e. The van der Waals surface area contributed by atoms with Crippen LogP contribution in [0.4, 0.5) is 4.39 Å².